The third-order valence-corrected chi connectivity index (χ3v) is 6.30. The van der Waals surface area contributed by atoms with E-state index in [4.69, 9.17) is 5.10 Å². The Labute approximate surface area is 201 Å². The van der Waals surface area contributed by atoms with Gasteiger partial charge in [-0.25, -0.2) is 4.79 Å². The van der Waals surface area contributed by atoms with Crippen molar-refractivity contribution in [1.29, 1.82) is 0 Å². The van der Waals surface area contributed by atoms with Crippen LogP contribution in [-0.2, 0) is 5.41 Å². The van der Waals surface area contributed by atoms with Crippen molar-refractivity contribution in [3.8, 4) is 22.0 Å². The first-order valence-corrected chi connectivity index (χ1v) is 11.8. The Morgan fingerprint density at radius 2 is 1.68 bits per heavy atom. The molecule has 5 rings (SSSR count). The number of hydrogen-bond donors (Lipinski definition) is 2. The lowest BCUT2D eigenvalue weighted by atomic mass is 9.87. The van der Waals surface area contributed by atoms with Crippen LogP contribution in [0.1, 0.15) is 26.3 Å². The predicted octanol–water partition coefficient (Wildman–Crippen LogP) is 6.46. The number of anilines is 2. The number of carbonyl (C=O) groups excluding carboxylic acids is 1. The molecule has 8 heteroatoms. The molecule has 0 aliphatic heterocycles. The Kier molecular flexibility index (Phi) is 5.59. The lowest BCUT2D eigenvalue weighted by Gasteiger charge is -2.19. The summed E-state index contributed by atoms with van der Waals surface area (Å²) in [5.74, 6) is 0.706. The van der Waals surface area contributed by atoms with Crippen LogP contribution < -0.4 is 10.6 Å². The second-order valence-corrected chi connectivity index (χ2v) is 9.92. The maximum absolute atomic E-state index is 12.6. The average Bonchev–Trinajstić information content (AvgIpc) is 3.48. The minimum absolute atomic E-state index is 0.0651. The Hall–Kier alpha value is -4.04. The SMILES string of the molecule is CC(C)(C)c1ccc(NC(=O)Nc2cccc(-c3ccc4nnc(-c5cccs5)n4n3)c2)cc1. The van der Waals surface area contributed by atoms with E-state index in [1.165, 1.54) is 5.56 Å². The summed E-state index contributed by atoms with van der Waals surface area (Å²) in [6, 6.07) is 23.0. The first-order chi connectivity index (χ1) is 16.4. The fourth-order valence-electron chi connectivity index (χ4n) is 3.61. The van der Waals surface area contributed by atoms with Crippen LogP contribution >= 0.6 is 11.3 Å². The van der Waals surface area contributed by atoms with Gasteiger partial charge in [-0.3, -0.25) is 0 Å². The van der Waals surface area contributed by atoms with Gasteiger partial charge in [0.1, 0.15) is 0 Å². The molecule has 0 atom stereocenters. The molecule has 7 nitrogen and oxygen atoms in total. The van der Waals surface area contributed by atoms with Gasteiger partial charge < -0.3 is 10.6 Å². The molecule has 0 spiro atoms. The first-order valence-electron chi connectivity index (χ1n) is 10.9. The molecule has 0 radical (unpaired) electrons. The highest BCUT2D eigenvalue weighted by Gasteiger charge is 2.14. The Morgan fingerprint density at radius 3 is 2.41 bits per heavy atom. The van der Waals surface area contributed by atoms with Crippen molar-refractivity contribution in [2.24, 2.45) is 0 Å². The van der Waals surface area contributed by atoms with Crippen LogP contribution in [0.15, 0.2) is 78.2 Å². The van der Waals surface area contributed by atoms with Crippen LogP contribution in [0.25, 0.3) is 27.6 Å². The third-order valence-electron chi connectivity index (χ3n) is 5.43. The molecular weight excluding hydrogens is 444 g/mol. The van der Waals surface area contributed by atoms with Gasteiger partial charge >= 0.3 is 6.03 Å². The van der Waals surface area contributed by atoms with Gasteiger partial charge in [0.05, 0.1) is 10.6 Å². The molecule has 0 bridgehead atoms. The molecule has 2 aromatic carbocycles. The summed E-state index contributed by atoms with van der Waals surface area (Å²) in [7, 11) is 0. The van der Waals surface area contributed by atoms with Crippen molar-refractivity contribution in [3.63, 3.8) is 0 Å². The molecule has 170 valence electrons. The van der Waals surface area contributed by atoms with E-state index >= 15 is 0 Å². The van der Waals surface area contributed by atoms with E-state index in [0.717, 1.165) is 21.8 Å². The number of fused-ring (bicyclic) bond motifs is 1. The molecule has 2 N–H and O–H groups in total. The van der Waals surface area contributed by atoms with E-state index in [-0.39, 0.29) is 11.4 Å². The van der Waals surface area contributed by atoms with Crippen LogP contribution in [0.2, 0.25) is 0 Å². The number of thiophene rings is 1. The van der Waals surface area contributed by atoms with E-state index in [9.17, 15) is 4.79 Å². The van der Waals surface area contributed by atoms with Gasteiger partial charge in [0.2, 0.25) is 0 Å². The van der Waals surface area contributed by atoms with Crippen LogP contribution in [0.5, 0.6) is 0 Å². The van der Waals surface area contributed by atoms with Gasteiger partial charge in [-0.2, -0.15) is 9.61 Å². The van der Waals surface area contributed by atoms with Gasteiger partial charge in [0, 0.05) is 16.9 Å². The van der Waals surface area contributed by atoms with E-state index in [1.54, 1.807) is 15.9 Å². The standard InChI is InChI=1S/C26H24N6OS/c1-26(2,3)18-9-11-19(12-10-18)27-25(33)28-20-7-4-6-17(16-20)21-13-14-23-29-30-24(32(23)31-21)22-8-5-15-34-22/h4-16H,1-3H3,(H2,27,28,33). The maximum Gasteiger partial charge on any atom is 0.323 e. The number of rotatable bonds is 4. The van der Waals surface area contributed by atoms with Crippen molar-refractivity contribution in [2.75, 3.05) is 10.6 Å². The number of urea groups is 1. The smallest absolute Gasteiger partial charge is 0.308 e. The summed E-state index contributed by atoms with van der Waals surface area (Å²) in [5.41, 5.74) is 5.00. The molecule has 0 fully saturated rings. The summed E-state index contributed by atoms with van der Waals surface area (Å²) >= 11 is 1.59. The molecule has 0 saturated carbocycles. The van der Waals surface area contributed by atoms with Crippen molar-refractivity contribution >= 4 is 34.4 Å². The highest BCUT2D eigenvalue weighted by molar-refractivity contribution is 7.13. The van der Waals surface area contributed by atoms with Crippen molar-refractivity contribution in [1.82, 2.24) is 19.8 Å². The number of nitrogens with one attached hydrogen (secondary N) is 2. The summed E-state index contributed by atoms with van der Waals surface area (Å²) in [5, 5.41) is 21.0. The molecule has 34 heavy (non-hydrogen) atoms. The normalized spacial score (nSPS) is 11.5. The van der Waals surface area contributed by atoms with E-state index < -0.39 is 0 Å². The summed E-state index contributed by atoms with van der Waals surface area (Å²) < 4.78 is 1.75. The fourth-order valence-corrected chi connectivity index (χ4v) is 4.30. The predicted molar refractivity (Wildman–Crippen MR) is 137 cm³/mol. The van der Waals surface area contributed by atoms with Gasteiger partial charge in [-0.1, -0.05) is 51.1 Å². The highest BCUT2D eigenvalue weighted by atomic mass is 32.1. The van der Waals surface area contributed by atoms with Gasteiger partial charge in [-0.15, -0.1) is 21.5 Å². The average molecular weight is 469 g/mol. The summed E-state index contributed by atoms with van der Waals surface area (Å²) in [4.78, 5) is 13.6. The van der Waals surface area contributed by atoms with Crippen molar-refractivity contribution in [2.45, 2.75) is 26.2 Å². The zero-order chi connectivity index (χ0) is 23.7. The minimum atomic E-state index is -0.303. The molecule has 5 aromatic rings. The van der Waals surface area contributed by atoms with Crippen LogP contribution in [0.3, 0.4) is 0 Å². The minimum Gasteiger partial charge on any atom is -0.308 e. The van der Waals surface area contributed by atoms with E-state index in [1.807, 2.05) is 78.2 Å². The zero-order valence-corrected chi connectivity index (χ0v) is 19.9. The first kappa shape index (κ1) is 21.8. The molecule has 2 amide bonds. The second-order valence-electron chi connectivity index (χ2n) is 8.98. The third kappa shape index (κ3) is 4.53. The van der Waals surface area contributed by atoms with Crippen LogP contribution in [0, 0.1) is 0 Å². The zero-order valence-electron chi connectivity index (χ0n) is 19.1. The molecule has 0 unspecified atom stereocenters. The maximum atomic E-state index is 12.6. The van der Waals surface area contributed by atoms with Crippen molar-refractivity contribution < 1.29 is 4.79 Å². The van der Waals surface area contributed by atoms with E-state index in [0.29, 0.717) is 17.2 Å². The Morgan fingerprint density at radius 1 is 0.882 bits per heavy atom. The molecule has 0 aliphatic carbocycles. The Bertz CT molecular complexity index is 1450. The van der Waals surface area contributed by atoms with Gasteiger partial charge in [-0.05, 0) is 58.8 Å². The lowest BCUT2D eigenvalue weighted by Crippen LogP contribution is -2.19. The number of benzene rings is 2. The molecule has 3 aromatic heterocycles. The molecular formula is C26H24N6OS. The number of amides is 2. The molecule has 3 heterocycles. The number of carbonyl (C=O) groups is 1. The topological polar surface area (TPSA) is 84.2 Å². The van der Waals surface area contributed by atoms with Crippen LogP contribution in [0.4, 0.5) is 16.2 Å². The number of aromatic nitrogens is 4. The molecule has 0 aliphatic rings. The number of hydrogen-bond acceptors (Lipinski definition) is 5. The largest absolute Gasteiger partial charge is 0.323 e. The number of nitrogens with zero attached hydrogens (tertiary/aromatic N) is 4. The lowest BCUT2D eigenvalue weighted by molar-refractivity contribution is 0.262. The van der Waals surface area contributed by atoms with Gasteiger partial charge in [0.25, 0.3) is 0 Å². The highest BCUT2D eigenvalue weighted by Crippen LogP contribution is 2.26. The molecule has 0 saturated heterocycles. The van der Waals surface area contributed by atoms with Crippen LogP contribution in [-0.4, -0.2) is 25.8 Å². The van der Waals surface area contributed by atoms with Crippen molar-refractivity contribution in [3.05, 3.63) is 83.7 Å². The van der Waals surface area contributed by atoms with Gasteiger partial charge in [0.15, 0.2) is 11.5 Å². The summed E-state index contributed by atoms with van der Waals surface area (Å²) in [6.45, 7) is 6.48. The monoisotopic (exact) mass is 468 g/mol. The Balaban J connectivity index is 1.34. The quantitative estimate of drug-likeness (QED) is 0.317. The summed E-state index contributed by atoms with van der Waals surface area (Å²) in [6.07, 6.45) is 0. The van der Waals surface area contributed by atoms with E-state index in [2.05, 4.69) is 41.6 Å². The fraction of sp³-hybridized carbons (Fsp3) is 0.154. The second kappa shape index (κ2) is 8.72.